The third kappa shape index (κ3) is 4.02. The number of aromatic amines is 1. The molecule has 0 radical (unpaired) electrons. The van der Waals surface area contributed by atoms with Crippen molar-refractivity contribution < 1.29 is 4.79 Å². The summed E-state index contributed by atoms with van der Waals surface area (Å²) < 4.78 is 0. The first kappa shape index (κ1) is 18.9. The number of fused-ring (bicyclic) bond motifs is 3. The van der Waals surface area contributed by atoms with E-state index in [1.807, 2.05) is 31.2 Å². The molecule has 1 amide bonds. The van der Waals surface area contributed by atoms with E-state index >= 15 is 0 Å². The van der Waals surface area contributed by atoms with E-state index in [9.17, 15) is 9.59 Å². The molecule has 2 aromatic heterocycles. The number of aromatic nitrogens is 2. The summed E-state index contributed by atoms with van der Waals surface area (Å²) in [5.41, 5.74) is 3.40. The van der Waals surface area contributed by atoms with Gasteiger partial charge in [0.15, 0.2) is 0 Å². The number of amides is 1. The summed E-state index contributed by atoms with van der Waals surface area (Å²) in [5.74, 6) is 1.22. The molecule has 0 fully saturated rings. The van der Waals surface area contributed by atoms with Gasteiger partial charge in [0.1, 0.15) is 10.7 Å². The fourth-order valence-electron chi connectivity index (χ4n) is 3.74. The van der Waals surface area contributed by atoms with Crippen LogP contribution in [0, 0.1) is 12.8 Å². The maximum absolute atomic E-state index is 12.6. The van der Waals surface area contributed by atoms with Crippen molar-refractivity contribution in [2.24, 2.45) is 5.92 Å². The number of H-pyrrole nitrogens is 1. The molecule has 0 bridgehead atoms. The third-order valence-electron chi connectivity index (χ3n) is 5.41. The summed E-state index contributed by atoms with van der Waals surface area (Å²) in [7, 11) is 0. The second-order valence-corrected chi connectivity index (χ2v) is 8.89. The lowest BCUT2D eigenvalue weighted by Crippen LogP contribution is -2.23. The molecule has 4 rings (SSSR count). The van der Waals surface area contributed by atoms with Gasteiger partial charge in [-0.25, -0.2) is 4.98 Å². The number of nitrogens with one attached hydrogen (secondary N) is 2. The minimum Gasteiger partial charge on any atom is -0.352 e. The average Bonchev–Trinajstić information content (AvgIpc) is 3.03. The number of aryl methyl sites for hydroxylation is 3. The zero-order valence-corrected chi connectivity index (χ0v) is 17.1. The van der Waals surface area contributed by atoms with Crippen molar-refractivity contribution >= 4 is 27.5 Å². The minimum absolute atomic E-state index is 0.0392. The van der Waals surface area contributed by atoms with Crippen LogP contribution in [0.4, 0.5) is 0 Å². The van der Waals surface area contributed by atoms with E-state index in [1.165, 1.54) is 16.0 Å². The van der Waals surface area contributed by atoms with Gasteiger partial charge in [0.05, 0.1) is 5.39 Å². The van der Waals surface area contributed by atoms with Gasteiger partial charge < -0.3 is 10.3 Å². The van der Waals surface area contributed by atoms with Crippen LogP contribution < -0.4 is 10.9 Å². The van der Waals surface area contributed by atoms with Crippen LogP contribution in [-0.2, 0) is 30.6 Å². The van der Waals surface area contributed by atoms with Crippen molar-refractivity contribution in [2.75, 3.05) is 0 Å². The summed E-state index contributed by atoms with van der Waals surface area (Å²) in [6.45, 7) is 4.81. The molecule has 0 saturated carbocycles. The largest absolute Gasteiger partial charge is 0.352 e. The van der Waals surface area contributed by atoms with Gasteiger partial charge in [-0.05, 0) is 43.2 Å². The summed E-state index contributed by atoms with van der Waals surface area (Å²) in [4.78, 5) is 34.4. The number of hydrogen-bond donors (Lipinski definition) is 2. The molecule has 6 heteroatoms. The Labute approximate surface area is 168 Å². The third-order valence-corrected chi connectivity index (χ3v) is 6.56. The molecular weight excluding hydrogens is 370 g/mol. The van der Waals surface area contributed by atoms with Crippen molar-refractivity contribution in [3.05, 3.63) is 62.0 Å². The average molecular weight is 396 g/mol. The van der Waals surface area contributed by atoms with Crippen LogP contribution in [0.25, 0.3) is 10.2 Å². The molecular formula is C22H25N3O2S. The van der Waals surface area contributed by atoms with Crippen molar-refractivity contribution in [3.8, 4) is 0 Å². The number of thiophene rings is 1. The number of rotatable bonds is 5. The lowest BCUT2D eigenvalue weighted by Gasteiger charge is -2.17. The van der Waals surface area contributed by atoms with Crippen LogP contribution >= 0.6 is 11.3 Å². The smallest absolute Gasteiger partial charge is 0.259 e. The van der Waals surface area contributed by atoms with Gasteiger partial charge in [0, 0.05) is 24.3 Å². The van der Waals surface area contributed by atoms with E-state index in [-0.39, 0.29) is 11.5 Å². The molecule has 2 N–H and O–H groups in total. The summed E-state index contributed by atoms with van der Waals surface area (Å²) in [6.07, 6.45) is 3.86. The van der Waals surface area contributed by atoms with E-state index in [2.05, 4.69) is 22.2 Å². The Bertz CT molecular complexity index is 1070. The number of benzene rings is 1. The number of carbonyl (C=O) groups excluding carboxylic acids is 1. The monoisotopic (exact) mass is 395 g/mol. The standard InChI is InChI=1S/C22H25N3O2S/c1-13-3-6-15(7-4-13)12-23-19(26)10-9-18-24-21(27)20-16-8-5-14(2)11-17(16)28-22(20)25-18/h3-4,6-7,14H,5,8-12H2,1-2H3,(H,23,26)(H,24,25,27)/t14-/m0/s1. The van der Waals surface area contributed by atoms with Crippen LogP contribution in [0.3, 0.4) is 0 Å². The lowest BCUT2D eigenvalue weighted by molar-refractivity contribution is -0.121. The highest BCUT2D eigenvalue weighted by atomic mass is 32.1. The number of nitrogens with zero attached hydrogens (tertiary/aromatic N) is 1. The van der Waals surface area contributed by atoms with E-state index < -0.39 is 0 Å². The fourth-order valence-corrected chi connectivity index (χ4v) is 5.14. The van der Waals surface area contributed by atoms with Crippen molar-refractivity contribution in [3.63, 3.8) is 0 Å². The van der Waals surface area contributed by atoms with E-state index in [1.54, 1.807) is 11.3 Å². The Hall–Kier alpha value is -2.47. The van der Waals surface area contributed by atoms with Gasteiger partial charge in [-0.2, -0.15) is 0 Å². The predicted octanol–water partition coefficient (Wildman–Crippen LogP) is 3.67. The van der Waals surface area contributed by atoms with E-state index in [0.717, 1.165) is 35.0 Å². The molecule has 5 nitrogen and oxygen atoms in total. The maximum atomic E-state index is 12.6. The molecule has 2 heterocycles. The Balaban J connectivity index is 1.41. The first-order valence-corrected chi connectivity index (χ1v) is 10.7. The highest BCUT2D eigenvalue weighted by Gasteiger charge is 2.23. The molecule has 1 aliphatic carbocycles. The van der Waals surface area contributed by atoms with Crippen molar-refractivity contribution in [1.82, 2.24) is 15.3 Å². The molecule has 28 heavy (non-hydrogen) atoms. The normalized spacial score (nSPS) is 16.1. The molecule has 1 aromatic carbocycles. The number of carbonyl (C=O) groups is 1. The van der Waals surface area contributed by atoms with Crippen LogP contribution in [0.2, 0.25) is 0 Å². The predicted molar refractivity (Wildman–Crippen MR) is 113 cm³/mol. The minimum atomic E-state index is -0.0629. The van der Waals surface area contributed by atoms with Crippen molar-refractivity contribution in [1.29, 1.82) is 0 Å². The first-order chi connectivity index (χ1) is 13.5. The SMILES string of the molecule is Cc1ccc(CNC(=O)CCc2nc3sc4c(c3c(=O)[nH]2)CC[C@H](C)C4)cc1. The molecule has 1 atom stereocenters. The maximum Gasteiger partial charge on any atom is 0.259 e. The van der Waals surface area contributed by atoms with Crippen molar-refractivity contribution in [2.45, 2.75) is 52.5 Å². The Morgan fingerprint density at radius 2 is 2.11 bits per heavy atom. The Morgan fingerprint density at radius 1 is 1.32 bits per heavy atom. The zero-order chi connectivity index (χ0) is 19.7. The highest BCUT2D eigenvalue weighted by molar-refractivity contribution is 7.18. The van der Waals surface area contributed by atoms with Gasteiger partial charge in [-0.3, -0.25) is 9.59 Å². The quantitative estimate of drug-likeness (QED) is 0.692. The lowest BCUT2D eigenvalue weighted by atomic mass is 9.89. The molecule has 0 aliphatic heterocycles. The van der Waals surface area contributed by atoms with Crippen LogP contribution in [0.5, 0.6) is 0 Å². The molecule has 3 aromatic rings. The summed E-state index contributed by atoms with van der Waals surface area (Å²) >= 11 is 1.64. The van der Waals surface area contributed by atoms with Gasteiger partial charge in [0.25, 0.3) is 5.56 Å². The highest BCUT2D eigenvalue weighted by Crippen LogP contribution is 2.35. The Kier molecular flexibility index (Phi) is 5.31. The number of hydrogen-bond acceptors (Lipinski definition) is 4. The molecule has 0 spiro atoms. The first-order valence-electron chi connectivity index (χ1n) is 9.85. The molecule has 1 aliphatic rings. The second-order valence-electron chi connectivity index (χ2n) is 7.81. The van der Waals surface area contributed by atoms with Crippen LogP contribution in [-0.4, -0.2) is 15.9 Å². The van der Waals surface area contributed by atoms with Gasteiger partial charge in [0.2, 0.25) is 5.91 Å². The van der Waals surface area contributed by atoms with E-state index in [0.29, 0.717) is 31.1 Å². The second kappa shape index (κ2) is 7.87. The van der Waals surface area contributed by atoms with Gasteiger partial charge in [-0.1, -0.05) is 36.8 Å². The molecule has 146 valence electrons. The Morgan fingerprint density at radius 3 is 2.89 bits per heavy atom. The summed E-state index contributed by atoms with van der Waals surface area (Å²) in [5, 5.41) is 3.69. The van der Waals surface area contributed by atoms with Crippen LogP contribution in [0.15, 0.2) is 29.1 Å². The summed E-state index contributed by atoms with van der Waals surface area (Å²) in [6, 6.07) is 8.10. The van der Waals surface area contributed by atoms with Gasteiger partial charge in [-0.15, -0.1) is 11.3 Å². The molecule has 0 saturated heterocycles. The molecule has 0 unspecified atom stereocenters. The zero-order valence-electron chi connectivity index (χ0n) is 16.3. The van der Waals surface area contributed by atoms with E-state index in [4.69, 9.17) is 0 Å². The topological polar surface area (TPSA) is 74.8 Å². The van der Waals surface area contributed by atoms with Crippen LogP contribution in [0.1, 0.15) is 47.2 Å². The fraction of sp³-hybridized carbons (Fsp3) is 0.409. The van der Waals surface area contributed by atoms with Gasteiger partial charge >= 0.3 is 0 Å².